The fraction of sp³-hybridized carbons (Fsp3) is 0.769. The van der Waals surface area contributed by atoms with E-state index in [2.05, 4.69) is 12.0 Å². The van der Waals surface area contributed by atoms with Crippen molar-refractivity contribution >= 4 is 11.6 Å². The first-order chi connectivity index (χ1) is 9.00. The third-order valence-corrected chi connectivity index (χ3v) is 3.76. The van der Waals surface area contributed by atoms with Gasteiger partial charge in [-0.2, -0.15) is 5.10 Å². The number of ether oxygens (including phenoxy) is 2. The lowest BCUT2D eigenvalue weighted by atomic mass is 9.91. The molecular weight excluding hydrogens is 266 g/mol. The molecule has 0 saturated carbocycles. The van der Waals surface area contributed by atoms with E-state index in [1.54, 1.807) is 18.0 Å². The van der Waals surface area contributed by atoms with E-state index in [0.29, 0.717) is 24.8 Å². The number of rotatable bonds is 8. The summed E-state index contributed by atoms with van der Waals surface area (Å²) in [5.41, 5.74) is 6.72. The molecule has 0 fully saturated rings. The summed E-state index contributed by atoms with van der Waals surface area (Å²) < 4.78 is 12.7. The van der Waals surface area contributed by atoms with Crippen LogP contribution >= 0.6 is 11.6 Å². The van der Waals surface area contributed by atoms with Crippen LogP contribution in [0.5, 0.6) is 0 Å². The van der Waals surface area contributed by atoms with E-state index >= 15 is 0 Å². The van der Waals surface area contributed by atoms with Gasteiger partial charge in [-0.3, -0.25) is 4.68 Å². The lowest BCUT2D eigenvalue weighted by Gasteiger charge is -2.34. The van der Waals surface area contributed by atoms with Crippen molar-refractivity contribution in [3.8, 4) is 0 Å². The predicted octanol–water partition coefficient (Wildman–Crippen LogP) is 2.39. The average molecular weight is 290 g/mol. The minimum Gasteiger partial charge on any atom is -0.383 e. The van der Waals surface area contributed by atoms with Crippen molar-refractivity contribution in [1.82, 2.24) is 9.78 Å². The van der Waals surface area contributed by atoms with Gasteiger partial charge in [0.2, 0.25) is 0 Å². The quantitative estimate of drug-likeness (QED) is 0.798. The average Bonchev–Trinajstić information content (AvgIpc) is 2.76. The molecule has 2 N–H and O–H groups in total. The van der Waals surface area contributed by atoms with Crippen LogP contribution in [-0.4, -0.2) is 35.7 Å². The van der Waals surface area contributed by atoms with Gasteiger partial charge < -0.3 is 15.2 Å². The van der Waals surface area contributed by atoms with E-state index in [1.807, 2.05) is 13.8 Å². The smallest absolute Gasteiger partial charge is 0.0859 e. The van der Waals surface area contributed by atoms with Crippen molar-refractivity contribution in [2.75, 3.05) is 20.3 Å². The Hall–Kier alpha value is -0.620. The molecule has 0 aliphatic rings. The van der Waals surface area contributed by atoms with Gasteiger partial charge in [0.25, 0.3) is 0 Å². The molecule has 1 aromatic heterocycles. The van der Waals surface area contributed by atoms with Gasteiger partial charge in [0.05, 0.1) is 41.7 Å². The number of halogens is 1. The highest BCUT2D eigenvalue weighted by Gasteiger charge is 2.35. The molecule has 0 bridgehead atoms. The second-order valence-corrected chi connectivity index (χ2v) is 5.08. The largest absolute Gasteiger partial charge is 0.383 e. The fourth-order valence-electron chi connectivity index (χ4n) is 2.07. The molecule has 0 aromatic carbocycles. The summed E-state index contributed by atoms with van der Waals surface area (Å²) in [6.45, 7) is 7.82. The summed E-state index contributed by atoms with van der Waals surface area (Å²) in [6.07, 6.45) is 2.42. The highest BCUT2D eigenvalue weighted by atomic mass is 35.5. The fourth-order valence-corrected chi connectivity index (χ4v) is 2.33. The Balaban J connectivity index is 3.02. The zero-order chi connectivity index (χ0) is 14.5. The SMILES string of the molecule is CCOC(C)(CC)C(N)c1c(Cl)cnn1CCOC. The van der Waals surface area contributed by atoms with Crippen LogP contribution in [0, 0.1) is 0 Å². The summed E-state index contributed by atoms with van der Waals surface area (Å²) in [5, 5.41) is 4.82. The maximum Gasteiger partial charge on any atom is 0.0859 e. The summed E-state index contributed by atoms with van der Waals surface area (Å²) in [5.74, 6) is 0. The molecule has 1 heterocycles. The number of methoxy groups -OCH3 is 1. The maximum atomic E-state index is 6.38. The lowest BCUT2D eigenvalue weighted by molar-refractivity contribution is -0.0491. The first kappa shape index (κ1) is 16.4. The minimum atomic E-state index is -0.455. The molecule has 0 saturated heterocycles. The summed E-state index contributed by atoms with van der Waals surface area (Å²) in [4.78, 5) is 0. The topological polar surface area (TPSA) is 62.3 Å². The molecule has 2 unspecified atom stereocenters. The lowest BCUT2D eigenvalue weighted by Crippen LogP contribution is -2.42. The van der Waals surface area contributed by atoms with E-state index < -0.39 is 5.60 Å². The molecule has 5 nitrogen and oxygen atoms in total. The summed E-state index contributed by atoms with van der Waals surface area (Å²) in [7, 11) is 1.65. The number of hydrogen-bond donors (Lipinski definition) is 1. The van der Waals surface area contributed by atoms with Crippen molar-refractivity contribution in [2.24, 2.45) is 5.73 Å². The highest BCUT2D eigenvalue weighted by Crippen LogP contribution is 2.33. The van der Waals surface area contributed by atoms with Crippen molar-refractivity contribution in [2.45, 2.75) is 45.4 Å². The van der Waals surface area contributed by atoms with Crippen LogP contribution in [0.1, 0.15) is 38.9 Å². The minimum absolute atomic E-state index is 0.329. The molecule has 0 amide bonds. The van der Waals surface area contributed by atoms with Crippen molar-refractivity contribution in [3.63, 3.8) is 0 Å². The van der Waals surface area contributed by atoms with Crippen LogP contribution in [0.2, 0.25) is 5.02 Å². The van der Waals surface area contributed by atoms with Crippen LogP contribution < -0.4 is 5.73 Å². The van der Waals surface area contributed by atoms with Gasteiger partial charge in [-0.15, -0.1) is 0 Å². The van der Waals surface area contributed by atoms with Crippen molar-refractivity contribution in [1.29, 1.82) is 0 Å². The first-order valence-electron chi connectivity index (χ1n) is 6.59. The third-order valence-electron chi connectivity index (χ3n) is 3.47. The first-order valence-corrected chi connectivity index (χ1v) is 6.97. The molecule has 0 aliphatic heterocycles. The van der Waals surface area contributed by atoms with Crippen molar-refractivity contribution in [3.05, 3.63) is 16.9 Å². The zero-order valence-corrected chi connectivity index (χ0v) is 12.9. The molecule has 1 aromatic rings. The predicted molar refractivity (Wildman–Crippen MR) is 76.4 cm³/mol. The molecule has 19 heavy (non-hydrogen) atoms. The zero-order valence-electron chi connectivity index (χ0n) is 12.1. The summed E-state index contributed by atoms with van der Waals surface area (Å²) in [6, 6.07) is -0.329. The van der Waals surface area contributed by atoms with Crippen LogP contribution in [0.3, 0.4) is 0 Å². The molecular formula is C13H24ClN3O2. The monoisotopic (exact) mass is 289 g/mol. The Morgan fingerprint density at radius 3 is 2.74 bits per heavy atom. The van der Waals surface area contributed by atoms with Gasteiger partial charge in [0, 0.05) is 13.7 Å². The Morgan fingerprint density at radius 2 is 2.21 bits per heavy atom. The maximum absolute atomic E-state index is 6.38. The number of nitrogens with zero attached hydrogens (tertiary/aromatic N) is 2. The number of hydrogen-bond acceptors (Lipinski definition) is 4. The summed E-state index contributed by atoms with van der Waals surface area (Å²) >= 11 is 6.22. The second kappa shape index (κ2) is 7.24. The van der Waals surface area contributed by atoms with E-state index in [0.717, 1.165) is 12.1 Å². The third kappa shape index (κ3) is 3.69. The van der Waals surface area contributed by atoms with Gasteiger partial charge >= 0.3 is 0 Å². The van der Waals surface area contributed by atoms with Gasteiger partial charge in [0.1, 0.15) is 0 Å². The Kier molecular flexibility index (Phi) is 6.26. The van der Waals surface area contributed by atoms with Gasteiger partial charge in [-0.25, -0.2) is 0 Å². The molecule has 1 rings (SSSR count). The van der Waals surface area contributed by atoms with Crippen LogP contribution in [0.4, 0.5) is 0 Å². The highest BCUT2D eigenvalue weighted by molar-refractivity contribution is 6.31. The Bertz CT molecular complexity index is 397. The van der Waals surface area contributed by atoms with Crippen LogP contribution in [0.25, 0.3) is 0 Å². The van der Waals surface area contributed by atoms with Gasteiger partial charge in [-0.1, -0.05) is 18.5 Å². The standard InChI is InChI=1S/C13H24ClN3O2/c1-5-13(3,19-6-2)12(15)11-10(14)9-16-17(11)7-8-18-4/h9,12H,5-8,15H2,1-4H3. The molecule has 2 atom stereocenters. The molecule has 0 aliphatic carbocycles. The van der Waals surface area contributed by atoms with Crippen LogP contribution in [-0.2, 0) is 16.0 Å². The van der Waals surface area contributed by atoms with E-state index in [4.69, 9.17) is 26.8 Å². The number of nitrogens with two attached hydrogens (primary N) is 1. The van der Waals surface area contributed by atoms with E-state index in [-0.39, 0.29) is 6.04 Å². The normalized spacial score (nSPS) is 16.3. The van der Waals surface area contributed by atoms with Crippen molar-refractivity contribution < 1.29 is 9.47 Å². The molecule has 0 spiro atoms. The van der Waals surface area contributed by atoms with Crippen LogP contribution in [0.15, 0.2) is 6.20 Å². The Labute approximate surface area is 120 Å². The molecule has 0 radical (unpaired) electrons. The second-order valence-electron chi connectivity index (χ2n) is 4.67. The Morgan fingerprint density at radius 1 is 1.53 bits per heavy atom. The van der Waals surface area contributed by atoms with E-state index in [1.165, 1.54) is 0 Å². The molecule has 110 valence electrons. The van der Waals surface area contributed by atoms with Gasteiger partial charge in [0.15, 0.2) is 0 Å². The number of aromatic nitrogens is 2. The van der Waals surface area contributed by atoms with Gasteiger partial charge in [-0.05, 0) is 20.3 Å². The molecule has 6 heteroatoms. The van der Waals surface area contributed by atoms with E-state index in [9.17, 15) is 0 Å².